The highest BCUT2D eigenvalue weighted by molar-refractivity contribution is 5.95. The van der Waals surface area contributed by atoms with E-state index < -0.39 is 0 Å². The van der Waals surface area contributed by atoms with E-state index in [0.717, 1.165) is 11.6 Å². The van der Waals surface area contributed by atoms with Gasteiger partial charge < -0.3 is 0 Å². The summed E-state index contributed by atoms with van der Waals surface area (Å²) in [6.07, 6.45) is 10.4. The maximum Gasteiger partial charge on any atom is 0.0780 e. The fourth-order valence-corrected chi connectivity index (χ4v) is 5.52. The Kier molecular flexibility index (Phi) is 3.67. The molecule has 0 amide bonds. The molecule has 1 heteroatoms. The lowest BCUT2D eigenvalue weighted by molar-refractivity contribution is 0.136. The molecule has 0 atom stereocenters. The summed E-state index contributed by atoms with van der Waals surface area (Å²) in [6, 6.07) is 16.1. The standard InChI is InChI=1S/C25H27N/c1-17-13-18(2)15-21(14-17)24-23-16-22(4-3-20(23)8-12-26-24)25-9-5-19(6-10-25)7-11-25/h3-4,8,12-16,19H,5-7,9-11H2,1-2H3. The molecule has 3 aliphatic carbocycles. The quantitative estimate of drug-likeness (QED) is 0.503. The Balaban J connectivity index is 1.68. The van der Waals surface area contributed by atoms with Gasteiger partial charge in [0, 0.05) is 17.1 Å². The monoisotopic (exact) mass is 341 g/mol. The highest BCUT2D eigenvalue weighted by atomic mass is 14.7. The second-order valence-corrected chi connectivity index (χ2v) is 8.73. The van der Waals surface area contributed by atoms with Gasteiger partial charge in [-0.25, -0.2) is 0 Å². The summed E-state index contributed by atoms with van der Waals surface area (Å²) < 4.78 is 0. The van der Waals surface area contributed by atoms with Crippen LogP contribution in [0, 0.1) is 19.8 Å². The van der Waals surface area contributed by atoms with Crippen LogP contribution in [0.4, 0.5) is 0 Å². The second kappa shape index (κ2) is 5.94. The lowest BCUT2D eigenvalue weighted by Crippen LogP contribution is -2.37. The van der Waals surface area contributed by atoms with Crippen molar-refractivity contribution in [3.8, 4) is 11.3 Å². The van der Waals surface area contributed by atoms with E-state index in [1.165, 1.54) is 66.0 Å². The maximum absolute atomic E-state index is 4.80. The Morgan fingerprint density at radius 2 is 1.54 bits per heavy atom. The number of hydrogen-bond donors (Lipinski definition) is 0. The first-order chi connectivity index (χ1) is 12.6. The molecule has 0 radical (unpaired) electrons. The van der Waals surface area contributed by atoms with Crippen molar-refractivity contribution < 1.29 is 0 Å². The topological polar surface area (TPSA) is 12.9 Å². The van der Waals surface area contributed by atoms with Gasteiger partial charge >= 0.3 is 0 Å². The van der Waals surface area contributed by atoms with E-state index in [2.05, 4.69) is 56.3 Å². The Morgan fingerprint density at radius 3 is 2.23 bits per heavy atom. The van der Waals surface area contributed by atoms with E-state index >= 15 is 0 Å². The van der Waals surface area contributed by atoms with Crippen molar-refractivity contribution in [1.29, 1.82) is 0 Å². The molecule has 1 aromatic heterocycles. The molecule has 1 heterocycles. The molecule has 0 saturated heterocycles. The van der Waals surface area contributed by atoms with Crippen LogP contribution in [0.3, 0.4) is 0 Å². The fourth-order valence-electron chi connectivity index (χ4n) is 5.52. The summed E-state index contributed by atoms with van der Waals surface area (Å²) in [6.45, 7) is 4.35. The van der Waals surface area contributed by atoms with Gasteiger partial charge in [0.25, 0.3) is 0 Å². The van der Waals surface area contributed by atoms with Crippen molar-refractivity contribution in [3.05, 3.63) is 65.4 Å². The summed E-state index contributed by atoms with van der Waals surface area (Å²) in [4.78, 5) is 4.80. The molecule has 0 aliphatic heterocycles. The van der Waals surface area contributed by atoms with Gasteiger partial charge in [-0.15, -0.1) is 0 Å². The Morgan fingerprint density at radius 1 is 0.846 bits per heavy atom. The average Bonchev–Trinajstić information content (AvgIpc) is 2.68. The van der Waals surface area contributed by atoms with Gasteiger partial charge in [-0.3, -0.25) is 4.98 Å². The van der Waals surface area contributed by atoms with E-state index in [9.17, 15) is 0 Å². The number of hydrogen-bond acceptors (Lipinski definition) is 1. The third-order valence-electron chi connectivity index (χ3n) is 6.97. The molecule has 2 aromatic carbocycles. The lowest BCUT2D eigenvalue weighted by atomic mass is 9.58. The Labute approximate surface area is 156 Å². The molecule has 2 bridgehead atoms. The van der Waals surface area contributed by atoms with Crippen LogP contribution < -0.4 is 0 Å². The van der Waals surface area contributed by atoms with Crippen molar-refractivity contribution in [2.75, 3.05) is 0 Å². The van der Waals surface area contributed by atoms with Crippen LogP contribution in [-0.2, 0) is 5.41 Å². The van der Waals surface area contributed by atoms with Gasteiger partial charge in [0.1, 0.15) is 0 Å². The number of aryl methyl sites for hydroxylation is 2. The van der Waals surface area contributed by atoms with Crippen LogP contribution in [0.5, 0.6) is 0 Å². The number of nitrogens with zero attached hydrogens (tertiary/aromatic N) is 1. The third kappa shape index (κ3) is 2.57. The Bertz CT molecular complexity index is 943. The highest BCUT2D eigenvalue weighted by Crippen LogP contribution is 2.52. The van der Waals surface area contributed by atoms with Crippen LogP contribution in [0.15, 0.2) is 48.7 Å². The predicted octanol–water partition coefficient (Wildman–Crippen LogP) is 6.74. The minimum Gasteiger partial charge on any atom is -0.256 e. The molecule has 0 unspecified atom stereocenters. The van der Waals surface area contributed by atoms with Crippen molar-refractivity contribution in [3.63, 3.8) is 0 Å². The van der Waals surface area contributed by atoms with Crippen molar-refractivity contribution >= 4 is 10.8 Å². The second-order valence-electron chi connectivity index (χ2n) is 8.73. The predicted molar refractivity (Wildman–Crippen MR) is 110 cm³/mol. The van der Waals surface area contributed by atoms with Gasteiger partial charge in [0.05, 0.1) is 5.69 Å². The zero-order valence-electron chi connectivity index (χ0n) is 15.9. The molecule has 3 aromatic rings. The van der Waals surface area contributed by atoms with Crippen molar-refractivity contribution in [2.45, 2.75) is 57.8 Å². The zero-order chi connectivity index (χ0) is 17.7. The van der Waals surface area contributed by atoms with E-state index in [-0.39, 0.29) is 0 Å². The summed E-state index contributed by atoms with van der Waals surface area (Å²) in [5.41, 5.74) is 6.98. The van der Waals surface area contributed by atoms with Crippen molar-refractivity contribution in [1.82, 2.24) is 4.98 Å². The van der Waals surface area contributed by atoms with E-state index in [0.29, 0.717) is 5.41 Å². The van der Waals surface area contributed by atoms with Crippen LogP contribution in [0.2, 0.25) is 0 Å². The number of pyridine rings is 1. The molecule has 132 valence electrons. The van der Waals surface area contributed by atoms with Crippen LogP contribution in [0.25, 0.3) is 22.0 Å². The maximum atomic E-state index is 4.80. The minimum absolute atomic E-state index is 0.429. The number of rotatable bonds is 2. The molecule has 0 N–H and O–H groups in total. The van der Waals surface area contributed by atoms with Crippen LogP contribution >= 0.6 is 0 Å². The highest BCUT2D eigenvalue weighted by Gasteiger charge is 2.41. The van der Waals surface area contributed by atoms with Gasteiger partial charge in [-0.1, -0.05) is 29.3 Å². The molecular weight excluding hydrogens is 314 g/mol. The van der Waals surface area contributed by atoms with Gasteiger partial charge in [-0.05, 0) is 98.9 Å². The summed E-state index contributed by atoms with van der Waals surface area (Å²) in [5, 5.41) is 2.62. The van der Waals surface area contributed by atoms with E-state index in [1.54, 1.807) is 5.56 Å². The average molecular weight is 341 g/mol. The van der Waals surface area contributed by atoms with Crippen LogP contribution in [-0.4, -0.2) is 4.98 Å². The Hall–Kier alpha value is -2.15. The number of benzene rings is 2. The molecule has 6 rings (SSSR count). The molecule has 0 spiro atoms. The molecule has 3 fully saturated rings. The molecular formula is C25H27N. The molecule has 3 aliphatic rings. The summed E-state index contributed by atoms with van der Waals surface area (Å²) in [5.74, 6) is 1.00. The zero-order valence-corrected chi connectivity index (χ0v) is 15.9. The molecule has 1 nitrogen and oxygen atoms in total. The summed E-state index contributed by atoms with van der Waals surface area (Å²) >= 11 is 0. The minimum atomic E-state index is 0.429. The smallest absolute Gasteiger partial charge is 0.0780 e. The summed E-state index contributed by atoms with van der Waals surface area (Å²) in [7, 11) is 0. The van der Waals surface area contributed by atoms with Crippen molar-refractivity contribution in [2.24, 2.45) is 5.92 Å². The van der Waals surface area contributed by atoms with Gasteiger partial charge in [0.2, 0.25) is 0 Å². The fraction of sp³-hybridized carbons (Fsp3) is 0.400. The largest absolute Gasteiger partial charge is 0.256 e. The number of aromatic nitrogens is 1. The van der Waals surface area contributed by atoms with Crippen LogP contribution in [0.1, 0.15) is 55.2 Å². The first-order valence-electron chi connectivity index (χ1n) is 10.1. The number of fused-ring (bicyclic) bond motifs is 4. The molecule has 26 heavy (non-hydrogen) atoms. The van der Waals surface area contributed by atoms with Gasteiger partial charge in [0.15, 0.2) is 0 Å². The molecule has 3 saturated carbocycles. The van der Waals surface area contributed by atoms with E-state index in [1.807, 2.05) is 6.20 Å². The third-order valence-corrected chi connectivity index (χ3v) is 6.97. The lowest BCUT2D eigenvalue weighted by Gasteiger charge is -2.47. The van der Waals surface area contributed by atoms with Gasteiger partial charge in [-0.2, -0.15) is 0 Å². The first kappa shape index (κ1) is 16.1. The van der Waals surface area contributed by atoms with E-state index in [4.69, 9.17) is 4.98 Å². The SMILES string of the molecule is Cc1cc(C)cc(-c2nccc3ccc(C45CCC(CC4)CC5)cc23)c1. The first-order valence-corrected chi connectivity index (χ1v) is 10.1. The normalized spacial score (nSPS) is 24.9.